The van der Waals surface area contributed by atoms with E-state index in [0.717, 1.165) is 12.8 Å². The van der Waals surface area contributed by atoms with Gasteiger partial charge in [0.2, 0.25) is 5.91 Å². The molecule has 0 aromatic rings. The zero-order valence-electron chi connectivity index (χ0n) is 11.5. The number of hydrazone groups is 1. The van der Waals surface area contributed by atoms with Crippen LogP contribution >= 0.6 is 11.8 Å². The Kier molecular flexibility index (Phi) is 6.32. The molecule has 2 atom stereocenters. The Morgan fingerprint density at radius 3 is 2.83 bits per heavy atom. The number of hydrogen-bond acceptors (Lipinski definition) is 5. The lowest BCUT2D eigenvalue weighted by Gasteiger charge is -2.17. The summed E-state index contributed by atoms with van der Waals surface area (Å²) < 4.78 is 5.48. The molecule has 1 rings (SSSR count). The maximum Gasteiger partial charge on any atom is 0.269 e. The number of carbonyl (C=O) groups excluding carboxylic acids is 1. The van der Waals surface area contributed by atoms with Gasteiger partial charge in [0.25, 0.3) is 5.23 Å². The molecule has 0 fully saturated rings. The van der Waals surface area contributed by atoms with Crippen LogP contribution in [0.25, 0.3) is 0 Å². The van der Waals surface area contributed by atoms with Crippen molar-refractivity contribution in [2.75, 3.05) is 6.26 Å². The molecule has 1 aliphatic heterocycles. The van der Waals surface area contributed by atoms with Gasteiger partial charge in [-0.15, -0.1) is 5.10 Å². The Bertz CT molecular complexity index is 308. The van der Waals surface area contributed by atoms with Gasteiger partial charge in [-0.1, -0.05) is 25.6 Å². The van der Waals surface area contributed by atoms with Gasteiger partial charge in [-0.05, 0) is 25.5 Å². The van der Waals surface area contributed by atoms with Crippen LogP contribution in [0.1, 0.15) is 40.0 Å². The molecule has 2 N–H and O–H groups in total. The minimum Gasteiger partial charge on any atom is -0.446 e. The van der Waals surface area contributed by atoms with E-state index < -0.39 is 0 Å². The van der Waals surface area contributed by atoms with E-state index in [9.17, 15) is 4.79 Å². The third-order valence-corrected chi connectivity index (χ3v) is 3.51. The second-order valence-electron chi connectivity index (χ2n) is 4.81. The van der Waals surface area contributed by atoms with Gasteiger partial charge < -0.3 is 10.1 Å². The molecular formula is C12H23N3O2S. The number of amides is 1. The largest absolute Gasteiger partial charge is 0.446 e. The molecule has 0 saturated carbocycles. The number of carbonyl (C=O) groups is 1. The van der Waals surface area contributed by atoms with Gasteiger partial charge in [-0.2, -0.15) is 0 Å². The minimum absolute atomic E-state index is 0.0808. The highest BCUT2D eigenvalue weighted by molar-refractivity contribution is 8.12. The Morgan fingerprint density at radius 1 is 1.56 bits per heavy atom. The van der Waals surface area contributed by atoms with Crippen LogP contribution in [-0.4, -0.2) is 29.7 Å². The third-order valence-electron chi connectivity index (χ3n) is 2.98. The van der Waals surface area contributed by atoms with Crippen molar-refractivity contribution in [3.05, 3.63) is 0 Å². The standard InChI is InChI=1S/C12H23N3O2S/c1-8(2)9(3)13-10(16)6-5-7-11-14-15-12(17-11)18-4/h8-9,11,14H,5-7H2,1-4H3,(H,13,16). The van der Waals surface area contributed by atoms with Crippen molar-refractivity contribution in [2.45, 2.75) is 52.3 Å². The highest BCUT2D eigenvalue weighted by Gasteiger charge is 2.18. The summed E-state index contributed by atoms with van der Waals surface area (Å²) in [5.74, 6) is 0.575. The quantitative estimate of drug-likeness (QED) is 0.776. The van der Waals surface area contributed by atoms with Crippen molar-refractivity contribution >= 4 is 22.9 Å². The molecule has 6 heteroatoms. The van der Waals surface area contributed by atoms with Crippen molar-refractivity contribution in [1.82, 2.24) is 10.7 Å². The molecule has 1 aliphatic rings. The van der Waals surface area contributed by atoms with Crippen LogP contribution in [0.5, 0.6) is 0 Å². The van der Waals surface area contributed by atoms with E-state index in [1.165, 1.54) is 11.8 Å². The van der Waals surface area contributed by atoms with E-state index in [-0.39, 0.29) is 18.2 Å². The van der Waals surface area contributed by atoms with Gasteiger partial charge in [0.15, 0.2) is 6.23 Å². The van der Waals surface area contributed by atoms with Crippen molar-refractivity contribution in [3.8, 4) is 0 Å². The average Bonchev–Trinajstić information content (AvgIpc) is 2.76. The first kappa shape index (κ1) is 15.1. The molecule has 2 unspecified atom stereocenters. The highest BCUT2D eigenvalue weighted by atomic mass is 32.2. The molecule has 1 amide bonds. The Morgan fingerprint density at radius 2 is 2.28 bits per heavy atom. The predicted octanol–water partition coefficient (Wildman–Crippen LogP) is 1.90. The lowest BCUT2D eigenvalue weighted by molar-refractivity contribution is -0.122. The lowest BCUT2D eigenvalue weighted by Crippen LogP contribution is -2.36. The van der Waals surface area contributed by atoms with E-state index in [2.05, 4.69) is 29.7 Å². The van der Waals surface area contributed by atoms with E-state index in [0.29, 0.717) is 17.6 Å². The van der Waals surface area contributed by atoms with Crippen LogP contribution in [0.2, 0.25) is 0 Å². The topological polar surface area (TPSA) is 62.7 Å². The van der Waals surface area contributed by atoms with Gasteiger partial charge in [0.1, 0.15) is 0 Å². The summed E-state index contributed by atoms with van der Waals surface area (Å²) >= 11 is 1.47. The predicted molar refractivity (Wildman–Crippen MR) is 75.3 cm³/mol. The molecule has 0 bridgehead atoms. The summed E-state index contributed by atoms with van der Waals surface area (Å²) in [5.41, 5.74) is 2.90. The molecular weight excluding hydrogens is 250 g/mol. The van der Waals surface area contributed by atoms with Crippen LogP contribution < -0.4 is 10.7 Å². The number of nitrogens with one attached hydrogen (secondary N) is 2. The monoisotopic (exact) mass is 273 g/mol. The second-order valence-corrected chi connectivity index (χ2v) is 5.57. The van der Waals surface area contributed by atoms with Gasteiger partial charge in [-0.25, -0.2) is 0 Å². The first-order valence-electron chi connectivity index (χ1n) is 6.36. The van der Waals surface area contributed by atoms with Crippen LogP contribution in [0.3, 0.4) is 0 Å². The number of ether oxygens (including phenoxy) is 1. The fourth-order valence-electron chi connectivity index (χ4n) is 1.46. The molecule has 0 spiro atoms. The first-order chi connectivity index (χ1) is 8.52. The summed E-state index contributed by atoms with van der Waals surface area (Å²) in [7, 11) is 0. The maximum atomic E-state index is 11.6. The van der Waals surface area contributed by atoms with Crippen LogP contribution in [0, 0.1) is 5.92 Å². The molecule has 0 saturated heterocycles. The molecule has 0 aliphatic carbocycles. The molecule has 104 valence electrons. The summed E-state index contributed by atoms with van der Waals surface area (Å²) in [5, 5.41) is 7.67. The normalized spacial score (nSPS) is 20.1. The zero-order valence-corrected chi connectivity index (χ0v) is 12.3. The fourth-order valence-corrected chi connectivity index (χ4v) is 1.81. The molecule has 18 heavy (non-hydrogen) atoms. The molecule has 0 radical (unpaired) electrons. The number of rotatable bonds is 6. The van der Waals surface area contributed by atoms with Crippen LogP contribution in [0.15, 0.2) is 5.10 Å². The van der Waals surface area contributed by atoms with Crippen molar-refractivity contribution < 1.29 is 9.53 Å². The molecule has 0 aromatic heterocycles. The van der Waals surface area contributed by atoms with Gasteiger partial charge in [0, 0.05) is 18.9 Å². The fraction of sp³-hybridized carbons (Fsp3) is 0.833. The van der Waals surface area contributed by atoms with E-state index in [1.807, 2.05) is 13.2 Å². The van der Waals surface area contributed by atoms with Crippen LogP contribution in [0.4, 0.5) is 0 Å². The van der Waals surface area contributed by atoms with E-state index in [1.54, 1.807) is 0 Å². The van der Waals surface area contributed by atoms with E-state index >= 15 is 0 Å². The minimum atomic E-state index is -0.0808. The van der Waals surface area contributed by atoms with Gasteiger partial charge in [0.05, 0.1) is 0 Å². The number of nitrogens with zero attached hydrogens (tertiary/aromatic N) is 1. The van der Waals surface area contributed by atoms with Gasteiger partial charge >= 0.3 is 0 Å². The number of hydrogen-bond donors (Lipinski definition) is 2. The van der Waals surface area contributed by atoms with E-state index in [4.69, 9.17) is 4.74 Å². The Balaban J connectivity index is 2.10. The lowest BCUT2D eigenvalue weighted by atomic mass is 10.1. The van der Waals surface area contributed by atoms with Crippen molar-refractivity contribution in [3.63, 3.8) is 0 Å². The third kappa shape index (κ3) is 5.16. The summed E-state index contributed by atoms with van der Waals surface area (Å²) in [6.45, 7) is 6.23. The van der Waals surface area contributed by atoms with Gasteiger partial charge in [-0.3, -0.25) is 10.2 Å². The Labute approximate surface area is 113 Å². The second kappa shape index (κ2) is 7.51. The maximum absolute atomic E-state index is 11.6. The molecule has 1 heterocycles. The average molecular weight is 273 g/mol. The SMILES string of the molecule is CSC1=NNC(CCCC(=O)NC(C)C(C)C)O1. The highest BCUT2D eigenvalue weighted by Crippen LogP contribution is 2.13. The molecule has 0 aromatic carbocycles. The van der Waals surface area contributed by atoms with Crippen molar-refractivity contribution in [2.24, 2.45) is 11.0 Å². The number of thioether (sulfide) groups is 1. The Hall–Kier alpha value is -0.910. The smallest absolute Gasteiger partial charge is 0.269 e. The summed E-state index contributed by atoms with van der Waals surface area (Å²) in [6.07, 6.45) is 3.96. The summed E-state index contributed by atoms with van der Waals surface area (Å²) in [6, 6.07) is 0.227. The summed E-state index contributed by atoms with van der Waals surface area (Å²) in [4.78, 5) is 11.6. The van der Waals surface area contributed by atoms with Crippen LogP contribution in [-0.2, 0) is 9.53 Å². The zero-order chi connectivity index (χ0) is 13.5. The molecule has 5 nitrogen and oxygen atoms in total. The first-order valence-corrected chi connectivity index (χ1v) is 7.58. The van der Waals surface area contributed by atoms with Crippen molar-refractivity contribution in [1.29, 1.82) is 0 Å².